The Morgan fingerprint density at radius 3 is 2.64 bits per heavy atom. The Kier molecular flexibility index (Phi) is 2.52. The smallest absolute Gasteiger partial charge is 0.210 e. The van der Waals surface area contributed by atoms with Crippen LogP contribution in [0.1, 0.15) is 26.7 Å². The van der Waals surface area contributed by atoms with Gasteiger partial charge in [0.05, 0.1) is 12.1 Å². The second-order valence-electron chi connectivity index (χ2n) is 4.86. The summed E-state index contributed by atoms with van der Waals surface area (Å²) >= 11 is 0. The van der Waals surface area contributed by atoms with Crippen molar-refractivity contribution in [3.63, 3.8) is 0 Å². The van der Waals surface area contributed by atoms with Crippen LogP contribution >= 0.6 is 0 Å². The SMILES string of the molecule is COC(C(C)C)C1CC2CC2N1C=O. The summed E-state index contributed by atoms with van der Waals surface area (Å²) < 4.78 is 5.50. The Morgan fingerprint density at radius 2 is 2.14 bits per heavy atom. The highest BCUT2D eigenvalue weighted by Gasteiger charge is 2.53. The van der Waals surface area contributed by atoms with Gasteiger partial charge in [0.25, 0.3) is 0 Å². The molecule has 3 nitrogen and oxygen atoms in total. The number of hydrogen-bond acceptors (Lipinski definition) is 2. The normalized spacial score (nSPS) is 37.1. The Balaban J connectivity index is 2.05. The summed E-state index contributed by atoms with van der Waals surface area (Å²) in [5.74, 6) is 1.24. The fraction of sp³-hybridized carbons (Fsp3) is 0.909. The zero-order valence-corrected chi connectivity index (χ0v) is 9.14. The maximum absolute atomic E-state index is 11.0. The number of rotatable bonds is 4. The third-order valence-electron chi connectivity index (χ3n) is 3.63. The molecule has 0 spiro atoms. The number of fused-ring (bicyclic) bond motifs is 1. The lowest BCUT2D eigenvalue weighted by atomic mass is 9.96. The minimum atomic E-state index is 0.202. The molecule has 0 radical (unpaired) electrons. The first-order valence-corrected chi connectivity index (χ1v) is 5.44. The van der Waals surface area contributed by atoms with Crippen molar-refractivity contribution in [1.82, 2.24) is 4.90 Å². The summed E-state index contributed by atoms with van der Waals surface area (Å²) in [7, 11) is 1.75. The predicted molar refractivity (Wildman–Crippen MR) is 53.8 cm³/mol. The van der Waals surface area contributed by atoms with Gasteiger partial charge in [0.15, 0.2) is 0 Å². The van der Waals surface area contributed by atoms with Gasteiger partial charge in [-0.1, -0.05) is 13.8 Å². The fourth-order valence-electron chi connectivity index (χ4n) is 2.86. The van der Waals surface area contributed by atoms with Crippen LogP contribution in [-0.2, 0) is 9.53 Å². The molecule has 0 N–H and O–H groups in total. The molecule has 1 aliphatic heterocycles. The molecule has 0 aromatic carbocycles. The summed E-state index contributed by atoms with van der Waals surface area (Å²) in [5.41, 5.74) is 0. The topological polar surface area (TPSA) is 29.5 Å². The van der Waals surface area contributed by atoms with Crippen LogP contribution in [0.15, 0.2) is 0 Å². The van der Waals surface area contributed by atoms with E-state index >= 15 is 0 Å². The van der Waals surface area contributed by atoms with E-state index in [4.69, 9.17) is 4.74 Å². The van der Waals surface area contributed by atoms with Crippen molar-refractivity contribution >= 4 is 6.41 Å². The lowest BCUT2D eigenvalue weighted by Crippen LogP contribution is -2.44. The lowest BCUT2D eigenvalue weighted by Gasteiger charge is -2.32. The van der Waals surface area contributed by atoms with Crippen LogP contribution in [0.2, 0.25) is 0 Å². The van der Waals surface area contributed by atoms with Crippen LogP contribution in [-0.4, -0.2) is 36.6 Å². The zero-order chi connectivity index (χ0) is 10.3. The standard InChI is InChI=1S/C11H19NO2/c1-7(2)11(14-3)10-5-8-4-9(8)12(10)6-13/h6-11H,4-5H2,1-3H3. The van der Waals surface area contributed by atoms with Gasteiger partial charge in [-0.15, -0.1) is 0 Å². The molecule has 1 saturated heterocycles. The van der Waals surface area contributed by atoms with Crippen molar-refractivity contribution in [3.8, 4) is 0 Å². The quantitative estimate of drug-likeness (QED) is 0.635. The van der Waals surface area contributed by atoms with E-state index in [1.807, 2.05) is 4.90 Å². The van der Waals surface area contributed by atoms with Crippen molar-refractivity contribution in [1.29, 1.82) is 0 Å². The van der Waals surface area contributed by atoms with E-state index in [0.717, 1.165) is 18.7 Å². The molecule has 4 unspecified atom stereocenters. The van der Waals surface area contributed by atoms with Crippen LogP contribution in [0, 0.1) is 11.8 Å². The third-order valence-corrected chi connectivity index (χ3v) is 3.63. The van der Waals surface area contributed by atoms with Crippen LogP contribution in [0.3, 0.4) is 0 Å². The van der Waals surface area contributed by atoms with E-state index in [9.17, 15) is 4.79 Å². The second kappa shape index (κ2) is 3.54. The van der Waals surface area contributed by atoms with Crippen molar-refractivity contribution < 1.29 is 9.53 Å². The van der Waals surface area contributed by atoms with Gasteiger partial charge in [-0.25, -0.2) is 0 Å². The summed E-state index contributed by atoms with van der Waals surface area (Å²) in [6.07, 6.45) is 3.56. The predicted octanol–water partition coefficient (Wildman–Crippen LogP) is 1.28. The first-order chi connectivity index (χ1) is 6.69. The number of piperidine rings is 1. The first kappa shape index (κ1) is 9.97. The third kappa shape index (κ3) is 1.44. The summed E-state index contributed by atoms with van der Waals surface area (Å²) in [5, 5.41) is 0. The van der Waals surface area contributed by atoms with Crippen molar-refractivity contribution in [2.24, 2.45) is 11.8 Å². The molecule has 3 heteroatoms. The molecule has 2 fully saturated rings. The minimum absolute atomic E-state index is 0.202. The number of nitrogens with zero attached hydrogens (tertiary/aromatic N) is 1. The van der Waals surface area contributed by atoms with Gasteiger partial charge < -0.3 is 9.64 Å². The fourth-order valence-corrected chi connectivity index (χ4v) is 2.86. The number of hydrogen-bond donors (Lipinski definition) is 0. The number of carbonyl (C=O) groups excluding carboxylic acids is 1. The van der Waals surface area contributed by atoms with E-state index < -0.39 is 0 Å². The van der Waals surface area contributed by atoms with Crippen LogP contribution in [0.25, 0.3) is 0 Å². The Morgan fingerprint density at radius 1 is 1.43 bits per heavy atom. The van der Waals surface area contributed by atoms with E-state index in [2.05, 4.69) is 13.8 Å². The highest BCUT2D eigenvalue weighted by atomic mass is 16.5. The van der Waals surface area contributed by atoms with Crippen LogP contribution in [0.5, 0.6) is 0 Å². The van der Waals surface area contributed by atoms with E-state index in [1.54, 1.807) is 7.11 Å². The monoisotopic (exact) mass is 197 g/mol. The Labute approximate surface area is 85.4 Å². The number of likely N-dealkylation sites (tertiary alicyclic amines) is 1. The van der Waals surface area contributed by atoms with Crippen LogP contribution < -0.4 is 0 Å². The summed E-state index contributed by atoms with van der Waals surface area (Å²) in [4.78, 5) is 13.0. The number of ether oxygens (including phenoxy) is 1. The molecule has 0 bridgehead atoms. The largest absolute Gasteiger partial charge is 0.379 e. The van der Waals surface area contributed by atoms with Gasteiger partial charge in [0, 0.05) is 13.2 Å². The molecule has 1 saturated carbocycles. The molecule has 14 heavy (non-hydrogen) atoms. The average molecular weight is 197 g/mol. The molecule has 1 heterocycles. The first-order valence-electron chi connectivity index (χ1n) is 5.44. The zero-order valence-electron chi connectivity index (χ0n) is 9.14. The molecule has 80 valence electrons. The highest BCUT2D eigenvalue weighted by Crippen LogP contribution is 2.48. The molecule has 2 rings (SSSR count). The van der Waals surface area contributed by atoms with Gasteiger partial charge in [-0.05, 0) is 24.7 Å². The minimum Gasteiger partial charge on any atom is -0.379 e. The van der Waals surface area contributed by atoms with Crippen molar-refractivity contribution in [2.45, 2.75) is 44.9 Å². The number of amides is 1. The van der Waals surface area contributed by atoms with Crippen molar-refractivity contribution in [2.75, 3.05) is 7.11 Å². The van der Waals surface area contributed by atoms with Gasteiger partial charge in [-0.2, -0.15) is 0 Å². The molecule has 1 amide bonds. The second-order valence-corrected chi connectivity index (χ2v) is 4.86. The van der Waals surface area contributed by atoms with Gasteiger partial charge in [0.1, 0.15) is 0 Å². The Hall–Kier alpha value is -0.570. The highest BCUT2D eigenvalue weighted by molar-refractivity contribution is 5.51. The maximum Gasteiger partial charge on any atom is 0.210 e. The van der Waals surface area contributed by atoms with Crippen LogP contribution in [0.4, 0.5) is 0 Å². The molecule has 4 atom stereocenters. The molecular weight excluding hydrogens is 178 g/mol. The average Bonchev–Trinajstić information content (AvgIpc) is 2.79. The lowest BCUT2D eigenvalue weighted by molar-refractivity contribution is -0.123. The van der Waals surface area contributed by atoms with E-state index in [0.29, 0.717) is 18.0 Å². The van der Waals surface area contributed by atoms with Gasteiger partial charge in [0.2, 0.25) is 6.41 Å². The molecule has 1 aliphatic carbocycles. The van der Waals surface area contributed by atoms with Gasteiger partial charge >= 0.3 is 0 Å². The molecule has 2 aliphatic rings. The number of carbonyl (C=O) groups is 1. The number of methoxy groups -OCH3 is 1. The van der Waals surface area contributed by atoms with E-state index in [1.165, 1.54) is 6.42 Å². The summed E-state index contributed by atoms with van der Waals surface area (Å²) in [6, 6.07) is 0.857. The van der Waals surface area contributed by atoms with Crippen molar-refractivity contribution in [3.05, 3.63) is 0 Å². The van der Waals surface area contributed by atoms with Gasteiger partial charge in [-0.3, -0.25) is 4.79 Å². The maximum atomic E-state index is 11.0. The molecule has 0 aromatic rings. The van der Waals surface area contributed by atoms with E-state index in [-0.39, 0.29) is 6.10 Å². The molecular formula is C11H19NO2. The summed E-state index contributed by atoms with van der Waals surface area (Å²) in [6.45, 7) is 4.31. The molecule has 0 aromatic heterocycles. The Bertz CT molecular complexity index is 229.